The molecule has 0 aromatic rings. The van der Waals surface area contributed by atoms with Gasteiger partial charge in [-0.05, 0) is 98.6 Å². The van der Waals surface area contributed by atoms with Crippen molar-refractivity contribution in [3.8, 4) is 0 Å². The molecular weight excluding hydrogens is 931 g/mol. The van der Waals surface area contributed by atoms with Crippen LogP contribution in [0.15, 0.2) is 36.5 Å². The number of hydrogen-bond acceptors (Lipinski definition) is 18. The fourth-order valence-electron chi connectivity index (χ4n) is 6.93. The van der Waals surface area contributed by atoms with Gasteiger partial charge >= 0.3 is 35.8 Å². The Bertz CT molecular complexity index is 1500. The summed E-state index contributed by atoms with van der Waals surface area (Å²) in [6.07, 6.45) is 12.3. The zero-order valence-electron chi connectivity index (χ0n) is 45.5. The van der Waals surface area contributed by atoms with Crippen molar-refractivity contribution in [1.82, 2.24) is 14.7 Å². The number of ether oxygens (including phenoxy) is 6. The molecule has 72 heavy (non-hydrogen) atoms. The third-order valence-corrected chi connectivity index (χ3v) is 11.9. The van der Waals surface area contributed by atoms with Gasteiger partial charge in [0, 0.05) is 0 Å². The van der Waals surface area contributed by atoms with Crippen molar-refractivity contribution in [2.45, 2.75) is 200 Å². The number of nitrogens with zero attached hydrogens (tertiary/aromatic N) is 3. The molecule has 0 radical (unpaired) electrons. The highest BCUT2D eigenvalue weighted by molar-refractivity contribution is 5.74. The lowest BCUT2D eigenvalue weighted by molar-refractivity contribution is -0.165. The van der Waals surface area contributed by atoms with Gasteiger partial charge in [0.15, 0.2) is 6.10 Å². The van der Waals surface area contributed by atoms with E-state index in [4.69, 9.17) is 28.4 Å². The summed E-state index contributed by atoms with van der Waals surface area (Å²) in [4.78, 5) is 81.6. The van der Waals surface area contributed by atoms with E-state index in [2.05, 4.69) is 20.8 Å². The second-order valence-corrected chi connectivity index (χ2v) is 18.5. The van der Waals surface area contributed by atoms with Crippen LogP contribution in [0, 0.1) is 0 Å². The number of esters is 6. The molecule has 0 spiro atoms. The molecule has 0 aromatic heterocycles. The quantitative estimate of drug-likeness (QED) is 0.0259. The van der Waals surface area contributed by atoms with Gasteiger partial charge in [-0.15, -0.1) is 0 Å². The highest BCUT2D eigenvalue weighted by Gasteiger charge is 2.26. The predicted molar refractivity (Wildman–Crippen MR) is 277 cm³/mol. The van der Waals surface area contributed by atoms with Gasteiger partial charge in [-0.2, -0.15) is 0 Å². The average Bonchev–Trinajstić information content (AvgIpc) is 3.34. The van der Waals surface area contributed by atoms with Crippen LogP contribution in [-0.2, 0) is 57.2 Å². The Morgan fingerprint density at radius 2 is 0.694 bits per heavy atom. The molecule has 18 heteroatoms. The first-order valence-corrected chi connectivity index (χ1v) is 26.6. The molecule has 6 unspecified atom stereocenters. The fraction of sp³-hybridized carbons (Fsp3) is 0.778. The van der Waals surface area contributed by atoms with E-state index in [1.54, 1.807) is 54.1 Å². The summed E-state index contributed by atoms with van der Waals surface area (Å²) in [5.74, 6) is -3.36. The molecule has 0 aliphatic carbocycles. The summed E-state index contributed by atoms with van der Waals surface area (Å²) in [6.45, 7) is 13.3. The second-order valence-electron chi connectivity index (χ2n) is 18.5. The molecule has 0 aliphatic rings. The maximum atomic E-state index is 13.0. The Morgan fingerprint density at radius 1 is 0.403 bits per heavy atom. The number of rotatable bonds is 44. The lowest BCUT2D eigenvalue weighted by Crippen LogP contribution is -2.35. The van der Waals surface area contributed by atoms with Crippen molar-refractivity contribution < 1.29 is 72.5 Å². The zero-order chi connectivity index (χ0) is 54.1. The van der Waals surface area contributed by atoms with Crippen LogP contribution in [0.1, 0.15) is 157 Å². The standard InChI is InChI=1S/C54H95N3O15/c1-10-16-19-31-46(70-52(64)37-55(7)13-4)43(58)28-22-25-34-49(61)67-40-42(69-51(63)36-27-24-30-45(60)48(33-21-18-12-3)72-54(66)39-57(9)15-6)41-68-50(62)35-26-23-29-44(59)47(32-20-17-11-2)71-53(65)38-56(8)14-5/h22-27,42-48,58-60H,10-21,28-41H2,1-9H3. The summed E-state index contributed by atoms with van der Waals surface area (Å²) in [5.41, 5.74) is 0. The number of carbonyl (C=O) groups excluding carboxylic acids is 6. The van der Waals surface area contributed by atoms with Crippen LogP contribution in [0.4, 0.5) is 0 Å². The van der Waals surface area contributed by atoms with E-state index in [0.29, 0.717) is 38.9 Å². The van der Waals surface area contributed by atoms with Gasteiger partial charge in [0.2, 0.25) is 0 Å². The molecule has 18 nitrogen and oxygen atoms in total. The first-order chi connectivity index (χ1) is 34.4. The monoisotopic (exact) mass is 1030 g/mol. The van der Waals surface area contributed by atoms with E-state index < -0.39 is 91.8 Å². The van der Waals surface area contributed by atoms with Crippen LogP contribution in [0.2, 0.25) is 0 Å². The summed E-state index contributed by atoms with van der Waals surface area (Å²) >= 11 is 0. The molecular formula is C54H95N3O15. The Balaban J connectivity index is 5.77. The normalized spacial score (nSPS) is 14.9. The lowest BCUT2D eigenvalue weighted by atomic mass is 10.0. The van der Waals surface area contributed by atoms with E-state index in [0.717, 1.165) is 57.8 Å². The number of hydrogen-bond donors (Lipinski definition) is 3. The van der Waals surface area contributed by atoms with E-state index in [9.17, 15) is 44.1 Å². The molecule has 0 aliphatic heterocycles. The topological polar surface area (TPSA) is 228 Å². The lowest BCUT2D eigenvalue weighted by Gasteiger charge is -2.24. The van der Waals surface area contributed by atoms with E-state index in [1.807, 2.05) is 20.8 Å². The van der Waals surface area contributed by atoms with Crippen molar-refractivity contribution in [2.24, 2.45) is 0 Å². The number of likely N-dealkylation sites (N-methyl/N-ethyl adjacent to an activating group) is 3. The summed E-state index contributed by atoms with van der Waals surface area (Å²) in [7, 11) is 5.40. The molecule has 6 atom stereocenters. The number of carbonyl (C=O) groups is 6. The first-order valence-electron chi connectivity index (χ1n) is 26.6. The van der Waals surface area contributed by atoms with Gasteiger partial charge in [-0.3, -0.25) is 43.5 Å². The Hall–Kier alpha value is -4.20. The maximum Gasteiger partial charge on any atom is 0.320 e. The third-order valence-electron chi connectivity index (χ3n) is 11.9. The molecule has 0 bridgehead atoms. The van der Waals surface area contributed by atoms with E-state index >= 15 is 0 Å². The average molecular weight is 1030 g/mol. The van der Waals surface area contributed by atoms with Gasteiger partial charge in [0.25, 0.3) is 0 Å². The molecule has 0 saturated heterocycles. The van der Waals surface area contributed by atoms with E-state index in [-0.39, 0.29) is 58.2 Å². The van der Waals surface area contributed by atoms with Gasteiger partial charge in [0.1, 0.15) is 31.5 Å². The molecule has 0 rings (SSSR count). The van der Waals surface area contributed by atoms with Crippen molar-refractivity contribution in [2.75, 3.05) is 73.6 Å². The van der Waals surface area contributed by atoms with Crippen LogP contribution in [0.5, 0.6) is 0 Å². The van der Waals surface area contributed by atoms with Crippen LogP contribution >= 0.6 is 0 Å². The van der Waals surface area contributed by atoms with Crippen molar-refractivity contribution in [1.29, 1.82) is 0 Å². The SMILES string of the molecule is CCCCCC(OC(=O)CN(C)CC)C(O)CC=CCC(=O)OCC(COC(=O)CC=CCC(O)C(CCCCC)OC(=O)CN(C)CC)OC(=O)CC=CCC(O)C(CCCCC)OC(=O)CN(C)CC. The minimum absolute atomic E-state index is 0.0944. The molecule has 416 valence electrons. The van der Waals surface area contributed by atoms with Crippen LogP contribution < -0.4 is 0 Å². The van der Waals surface area contributed by atoms with Gasteiger partial charge < -0.3 is 43.7 Å². The third kappa shape index (κ3) is 35.8. The smallest absolute Gasteiger partial charge is 0.320 e. The summed E-state index contributed by atoms with van der Waals surface area (Å²) < 4.78 is 33.3. The Labute approximate surface area is 431 Å². The number of aliphatic hydroxyl groups is 3. The zero-order valence-corrected chi connectivity index (χ0v) is 45.5. The molecule has 0 heterocycles. The van der Waals surface area contributed by atoms with Gasteiger partial charge in [-0.1, -0.05) is 117 Å². The largest absolute Gasteiger partial charge is 0.461 e. The van der Waals surface area contributed by atoms with Crippen LogP contribution in [0.25, 0.3) is 0 Å². The van der Waals surface area contributed by atoms with Crippen LogP contribution in [0.3, 0.4) is 0 Å². The number of unbranched alkanes of at least 4 members (excludes halogenated alkanes) is 6. The molecule has 0 fully saturated rings. The summed E-state index contributed by atoms with van der Waals surface area (Å²) in [6, 6.07) is 0. The molecule has 3 N–H and O–H groups in total. The van der Waals surface area contributed by atoms with Gasteiger partial charge in [-0.25, -0.2) is 0 Å². The number of aliphatic hydroxyl groups excluding tert-OH is 3. The molecule has 0 aromatic carbocycles. The first kappa shape index (κ1) is 67.8. The van der Waals surface area contributed by atoms with Crippen molar-refractivity contribution in [3.05, 3.63) is 36.5 Å². The minimum Gasteiger partial charge on any atom is -0.461 e. The maximum absolute atomic E-state index is 13.0. The second kappa shape index (κ2) is 43.2. The fourth-order valence-corrected chi connectivity index (χ4v) is 6.93. The minimum atomic E-state index is -1.18. The molecule has 0 amide bonds. The summed E-state index contributed by atoms with van der Waals surface area (Å²) in [5, 5.41) is 32.7. The highest BCUT2D eigenvalue weighted by Crippen LogP contribution is 2.18. The predicted octanol–water partition coefficient (Wildman–Crippen LogP) is 6.41. The van der Waals surface area contributed by atoms with Crippen molar-refractivity contribution >= 4 is 35.8 Å². The van der Waals surface area contributed by atoms with Gasteiger partial charge in [0.05, 0.1) is 57.2 Å². The Morgan fingerprint density at radius 3 is 0.972 bits per heavy atom. The van der Waals surface area contributed by atoms with Crippen molar-refractivity contribution in [3.63, 3.8) is 0 Å². The highest BCUT2D eigenvalue weighted by atomic mass is 16.6. The van der Waals surface area contributed by atoms with E-state index in [1.165, 1.54) is 18.2 Å². The Kier molecular flexibility index (Phi) is 40.7. The molecule has 0 saturated carbocycles. The van der Waals surface area contributed by atoms with Crippen LogP contribution in [-0.4, -0.2) is 182 Å².